The second-order valence-electron chi connectivity index (χ2n) is 3.21. The molecule has 1 rings (SSSR count). The van der Waals surface area contributed by atoms with Crippen LogP contribution in [0.5, 0.6) is 0 Å². The van der Waals surface area contributed by atoms with E-state index in [1.54, 1.807) is 13.8 Å². The SMILES string of the molecule is Cc1nc(C)c(C(=O)NC[C@H](O)C(=O)O)o1. The molecule has 1 heterocycles. The van der Waals surface area contributed by atoms with Crippen LogP contribution in [0.1, 0.15) is 22.1 Å². The lowest BCUT2D eigenvalue weighted by Gasteiger charge is -2.06. The van der Waals surface area contributed by atoms with Crippen LogP contribution in [0.15, 0.2) is 4.42 Å². The zero-order valence-corrected chi connectivity index (χ0v) is 8.85. The molecule has 0 aromatic carbocycles. The van der Waals surface area contributed by atoms with Crippen molar-refractivity contribution in [2.75, 3.05) is 6.54 Å². The highest BCUT2D eigenvalue weighted by molar-refractivity contribution is 5.92. The topological polar surface area (TPSA) is 113 Å². The maximum absolute atomic E-state index is 11.5. The number of aryl methyl sites for hydroxylation is 2. The number of aliphatic hydroxyl groups excluding tert-OH is 1. The van der Waals surface area contributed by atoms with Crippen molar-refractivity contribution in [3.63, 3.8) is 0 Å². The third-order valence-electron chi connectivity index (χ3n) is 1.85. The van der Waals surface area contributed by atoms with Gasteiger partial charge in [-0.25, -0.2) is 9.78 Å². The van der Waals surface area contributed by atoms with Crippen molar-refractivity contribution >= 4 is 11.9 Å². The smallest absolute Gasteiger partial charge is 0.334 e. The fraction of sp³-hybridized carbons (Fsp3) is 0.444. The van der Waals surface area contributed by atoms with Gasteiger partial charge in [0.15, 0.2) is 12.0 Å². The van der Waals surface area contributed by atoms with Gasteiger partial charge in [-0.1, -0.05) is 0 Å². The minimum Gasteiger partial charge on any atom is -0.479 e. The van der Waals surface area contributed by atoms with Crippen molar-refractivity contribution in [3.8, 4) is 0 Å². The van der Waals surface area contributed by atoms with E-state index in [4.69, 9.17) is 14.6 Å². The summed E-state index contributed by atoms with van der Waals surface area (Å²) in [6.07, 6.45) is -1.63. The fourth-order valence-electron chi connectivity index (χ4n) is 1.10. The van der Waals surface area contributed by atoms with Crippen molar-refractivity contribution in [1.82, 2.24) is 10.3 Å². The van der Waals surface area contributed by atoms with E-state index in [0.717, 1.165) is 0 Å². The molecule has 0 radical (unpaired) electrons. The summed E-state index contributed by atoms with van der Waals surface area (Å²) in [5, 5.41) is 19.6. The van der Waals surface area contributed by atoms with Gasteiger partial charge in [0.2, 0.25) is 5.76 Å². The number of rotatable bonds is 4. The third kappa shape index (κ3) is 2.80. The monoisotopic (exact) mass is 228 g/mol. The van der Waals surface area contributed by atoms with E-state index in [-0.39, 0.29) is 12.3 Å². The lowest BCUT2D eigenvalue weighted by atomic mass is 10.3. The largest absolute Gasteiger partial charge is 0.479 e. The van der Waals surface area contributed by atoms with Gasteiger partial charge >= 0.3 is 5.97 Å². The van der Waals surface area contributed by atoms with Crippen molar-refractivity contribution in [3.05, 3.63) is 17.3 Å². The van der Waals surface area contributed by atoms with Crippen LogP contribution < -0.4 is 5.32 Å². The first-order valence-electron chi connectivity index (χ1n) is 4.55. The average Bonchev–Trinajstić information content (AvgIpc) is 2.53. The molecular formula is C9H12N2O5. The molecule has 1 atom stereocenters. The number of hydrogen-bond donors (Lipinski definition) is 3. The lowest BCUT2D eigenvalue weighted by Crippen LogP contribution is -2.36. The molecule has 0 saturated heterocycles. The Morgan fingerprint density at radius 3 is 2.56 bits per heavy atom. The van der Waals surface area contributed by atoms with Crippen molar-refractivity contribution in [2.24, 2.45) is 0 Å². The van der Waals surface area contributed by atoms with Gasteiger partial charge in [0.25, 0.3) is 5.91 Å². The Kier molecular flexibility index (Phi) is 3.62. The van der Waals surface area contributed by atoms with Gasteiger partial charge < -0.3 is 19.9 Å². The van der Waals surface area contributed by atoms with Crippen LogP contribution in [0.25, 0.3) is 0 Å². The lowest BCUT2D eigenvalue weighted by molar-refractivity contribution is -0.146. The van der Waals surface area contributed by atoms with Crippen molar-refractivity contribution in [2.45, 2.75) is 20.0 Å². The first kappa shape index (κ1) is 12.2. The highest BCUT2D eigenvalue weighted by Gasteiger charge is 2.19. The number of carboxylic acids is 1. The molecule has 3 N–H and O–H groups in total. The van der Waals surface area contributed by atoms with Gasteiger partial charge in [0.05, 0.1) is 12.2 Å². The van der Waals surface area contributed by atoms with E-state index in [2.05, 4.69) is 10.3 Å². The molecule has 0 fully saturated rings. The molecule has 0 spiro atoms. The van der Waals surface area contributed by atoms with Crippen LogP contribution in [0.2, 0.25) is 0 Å². The molecule has 0 bridgehead atoms. The number of amides is 1. The zero-order chi connectivity index (χ0) is 12.3. The van der Waals surface area contributed by atoms with Crippen LogP contribution in [-0.4, -0.2) is 39.7 Å². The normalized spacial score (nSPS) is 12.2. The van der Waals surface area contributed by atoms with Gasteiger partial charge in [-0.3, -0.25) is 4.79 Å². The maximum Gasteiger partial charge on any atom is 0.334 e. The first-order valence-corrected chi connectivity index (χ1v) is 4.55. The molecule has 0 aliphatic heterocycles. The van der Waals surface area contributed by atoms with Gasteiger partial charge in [-0.2, -0.15) is 0 Å². The number of aliphatic hydroxyl groups is 1. The molecular weight excluding hydrogens is 216 g/mol. The summed E-state index contributed by atoms with van der Waals surface area (Å²) >= 11 is 0. The molecule has 88 valence electrons. The van der Waals surface area contributed by atoms with Gasteiger partial charge in [-0.05, 0) is 6.92 Å². The summed E-state index contributed by atoms with van der Waals surface area (Å²) in [6.45, 7) is 2.81. The number of hydrogen-bond acceptors (Lipinski definition) is 5. The molecule has 0 unspecified atom stereocenters. The third-order valence-corrected chi connectivity index (χ3v) is 1.85. The minimum atomic E-state index is -1.63. The second-order valence-corrected chi connectivity index (χ2v) is 3.21. The Labute approximate surface area is 91.1 Å². The maximum atomic E-state index is 11.5. The second kappa shape index (κ2) is 4.75. The highest BCUT2D eigenvalue weighted by atomic mass is 16.4. The standard InChI is InChI=1S/C9H12N2O5/c1-4-7(16-5(2)11-4)8(13)10-3-6(12)9(14)15/h6,12H,3H2,1-2H3,(H,10,13)(H,14,15)/t6-/m0/s1. The zero-order valence-electron chi connectivity index (χ0n) is 8.85. The molecule has 0 aliphatic carbocycles. The number of nitrogens with one attached hydrogen (secondary N) is 1. The van der Waals surface area contributed by atoms with Gasteiger partial charge in [0.1, 0.15) is 0 Å². The van der Waals surface area contributed by atoms with E-state index in [9.17, 15) is 9.59 Å². The number of carboxylic acid groups (broad SMARTS) is 1. The van der Waals surface area contributed by atoms with E-state index < -0.39 is 18.0 Å². The molecule has 7 nitrogen and oxygen atoms in total. The molecule has 1 aromatic heterocycles. The van der Waals surface area contributed by atoms with Gasteiger partial charge in [-0.15, -0.1) is 0 Å². The molecule has 1 aromatic rings. The summed E-state index contributed by atoms with van der Waals surface area (Å²) in [4.78, 5) is 25.6. The number of nitrogens with zero attached hydrogens (tertiary/aromatic N) is 1. The van der Waals surface area contributed by atoms with Crippen molar-refractivity contribution < 1.29 is 24.2 Å². The Morgan fingerprint density at radius 1 is 1.50 bits per heavy atom. The summed E-state index contributed by atoms with van der Waals surface area (Å²) in [7, 11) is 0. The predicted molar refractivity (Wildman–Crippen MR) is 52.0 cm³/mol. The van der Waals surface area contributed by atoms with Crippen LogP contribution in [0.3, 0.4) is 0 Å². The van der Waals surface area contributed by atoms with E-state index in [1.165, 1.54) is 0 Å². The predicted octanol–water partition coefficient (Wildman–Crippen LogP) is -0.533. The number of aromatic nitrogens is 1. The molecule has 16 heavy (non-hydrogen) atoms. The van der Waals surface area contributed by atoms with Crippen molar-refractivity contribution in [1.29, 1.82) is 0 Å². The molecule has 1 amide bonds. The number of carbonyl (C=O) groups is 2. The highest BCUT2D eigenvalue weighted by Crippen LogP contribution is 2.08. The first-order chi connectivity index (χ1) is 7.41. The molecule has 0 saturated carbocycles. The summed E-state index contributed by atoms with van der Waals surface area (Å²) < 4.78 is 5.02. The van der Waals surface area contributed by atoms with E-state index >= 15 is 0 Å². The summed E-state index contributed by atoms with van der Waals surface area (Å²) in [5.41, 5.74) is 0.416. The minimum absolute atomic E-state index is 0.0232. The number of oxazole rings is 1. The Morgan fingerprint density at radius 2 is 2.12 bits per heavy atom. The van der Waals surface area contributed by atoms with Crippen LogP contribution >= 0.6 is 0 Å². The van der Waals surface area contributed by atoms with E-state index in [1.807, 2.05) is 0 Å². The van der Waals surface area contributed by atoms with Crippen LogP contribution in [0, 0.1) is 13.8 Å². The fourth-order valence-corrected chi connectivity index (χ4v) is 1.10. The quantitative estimate of drug-likeness (QED) is 0.638. The molecule has 0 aliphatic rings. The van der Waals surface area contributed by atoms with Gasteiger partial charge in [0, 0.05) is 6.92 Å². The number of aliphatic carboxylic acids is 1. The van der Waals surface area contributed by atoms with Crippen LogP contribution in [0.4, 0.5) is 0 Å². The number of carbonyl (C=O) groups excluding carboxylic acids is 1. The molecule has 7 heteroatoms. The Bertz CT molecular complexity index is 412. The Hall–Kier alpha value is -1.89. The Balaban J connectivity index is 2.60. The van der Waals surface area contributed by atoms with Crippen LogP contribution in [-0.2, 0) is 4.79 Å². The summed E-state index contributed by atoms with van der Waals surface area (Å²) in [5.74, 6) is -1.62. The summed E-state index contributed by atoms with van der Waals surface area (Å²) in [6, 6.07) is 0. The average molecular weight is 228 g/mol. The van der Waals surface area contributed by atoms with E-state index in [0.29, 0.717) is 11.6 Å².